The number of para-hydroxylation sites is 1. The second-order valence-corrected chi connectivity index (χ2v) is 5.71. The van der Waals surface area contributed by atoms with Crippen LogP contribution in [0.3, 0.4) is 0 Å². The molecule has 0 radical (unpaired) electrons. The zero-order valence-electron chi connectivity index (χ0n) is 12.9. The fraction of sp³-hybridized carbons (Fsp3) is 0.235. The predicted octanol–water partition coefficient (Wildman–Crippen LogP) is 1.82. The van der Waals surface area contributed by atoms with Gasteiger partial charge < -0.3 is 14.2 Å². The summed E-state index contributed by atoms with van der Waals surface area (Å²) in [5.41, 5.74) is 3.33. The Morgan fingerprint density at radius 1 is 1.09 bits per heavy atom. The number of hydrogen-bond donors (Lipinski definition) is 0. The van der Waals surface area contributed by atoms with E-state index in [1.54, 1.807) is 18.6 Å². The van der Waals surface area contributed by atoms with E-state index in [0.29, 0.717) is 24.4 Å². The number of fused-ring (bicyclic) bond motifs is 2. The third-order valence-corrected chi connectivity index (χ3v) is 4.27. The Balaban J connectivity index is 1.71. The second-order valence-electron chi connectivity index (χ2n) is 5.71. The van der Waals surface area contributed by atoms with Crippen LogP contribution >= 0.6 is 0 Å². The quantitative estimate of drug-likeness (QED) is 0.688. The van der Waals surface area contributed by atoms with E-state index in [1.807, 2.05) is 27.6 Å². The van der Waals surface area contributed by atoms with Crippen molar-refractivity contribution in [2.75, 3.05) is 25.0 Å². The average molecular weight is 307 g/mol. The number of carbonyl (C=O) groups excluding carboxylic acids is 1. The van der Waals surface area contributed by atoms with Crippen molar-refractivity contribution in [3.05, 3.63) is 60.3 Å². The summed E-state index contributed by atoms with van der Waals surface area (Å²) >= 11 is 0. The van der Waals surface area contributed by atoms with Crippen molar-refractivity contribution in [2.24, 2.45) is 0 Å². The van der Waals surface area contributed by atoms with Crippen LogP contribution in [0.1, 0.15) is 16.1 Å². The van der Waals surface area contributed by atoms with Crippen LogP contribution in [0.4, 0.5) is 5.69 Å². The van der Waals surface area contributed by atoms with Crippen molar-refractivity contribution in [3.8, 4) is 0 Å². The molecule has 3 aromatic rings. The fourth-order valence-electron chi connectivity index (χ4n) is 3.02. The van der Waals surface area contributed by atoms with Gasteiger partial charge in [-0.1, -0.05) is 18.2 Å². The van der Waals surface area contributed by atoms with Gasteiger partial charge >= 0.3 is 0 Å². The molecule has 0 aliphatic carbocycles. The summed E-state index contributed by atoms with van der Waals surface area (Å²) in [5.74, 6) is -0.0769. The molecule has 0 saturated carbocycles. The van der Waals surface area contributed by atoms with Gasteiger partial charge in [0.2, 0.25) is 0 Å². The van der Waals surface area contributed by atoms with Gasteiger partial charge in [0.05, 0.1) is 0 Å². The number of aromatic nitrogens is 3. The molecule has 0 N–H and O–H groups in total. The molecule has 1 amide bonds. The maximum absolute atomic E-state index is 13.0. The molecule has 1 aromatic carbocycles. The van der Waals surface area contributed by atoms with Gasteiger partial charge in [-0.25, -0.2) is 9.97 Å². The van der Waals surface area contributed by atoms with Gasteiger partial charge in [-0.05, 0) is 11.6 Å². The SMILES string of the molecule is CN1CCN(C(=O)c2nccn3ccnc23)Cc2ccccc21. The van der Waals surface area contributed by atoms with Crippen LogP contribution in [0.2, 0.25) is 0 Å². The average Bonchev–Trinajstić information content (AvgIpc) is 3.00. The minimum atomic E-state index is -0.0769. The lowest BCUT2D eigenvalue weighted by molar-refractivity contribution is 0.0747. The van der Waals surface area contributed by atoms with Crippen molar-refractivity contribution in [3.63, 3.8) is 0 Å². The van der Waals surface area contributed by atoms with Crippen LogP contribution in [-0.2, 0) is 6.54 Å². The number of amides is 1. The lowest BCUT2D eigenvalue weighted by atomic mass is 10.1. The molecule has 6 nitrogen and oxygen atoms in total. The number of carbonyl (C=O) groups is 1. The van der Waals surface area contributed by atoms with Crippen molar-refractivity contribution in [1.29, 1.82) is 0 Å². The Bertz CT molecular complexity index is 872. The molecule has 0 bridgehead atoms. The van der Waals surface area contributed by atoms with Crippen LogP contribution < -0.4 is 4.90 Å². The van der Waals surface area contributed by atoms with Gasteiger partial charge in [0, 0.05) is 57.2 Å². The molecule has 1 aliphatic heterocycles. The molecule has 2 aromatic heterocycles. The summed E-state index contributed by atoms with van der Waals surface area (Å²) < 4.78 is 1.82. The smallest absolute Gasteiger partial charge is 0.276 e. The molecule has 4 rings (SSSR count). The van der Waals surface area contributed by atoms with Crippen molar-refractivity contribution in [2.45, 2.75) is 6.54 Å². The zero-order valence-corrected chi connectivity index (χ0v) is 12.9. The van der Waals surface area contributed by atoms with Crippen LogP contribution in [0.25, 0.3) is 5.65 Å². The number of likely N-dealkylation sites (N-methyl/N-ethyl adjacent to an activating group) is 1. The van der Waals surface area contributed by atoms with Gasteiger partial charge in [-0.2, -0.15) is 0 Å². The third-order valence-electron chi connectivity index (χ3n) is 4.27. The predicted molar refractivity (Wildman–Crippen MR) is 87.4 cm³/mol. The lowest BCUT2D eigenvalue weighted by Crippen LogP contribution is -2.35. The first-order valence-corrected chi connectivity index (χ1v) is 7.60. The normalized spacial score (nSPS) is 14.7. The highest BCUT2D eigenvalue weighted by Gasteiger charge is 2.24. The Labute approximate surface area is 134 Å². The maximum Gasteiger partial charge on any atom is 0.276 e. The Hall–Kier alpha value is -2.89. The summed E-state index contributed by atoms with van der Waals surface area (Å²) in [4.78, 5) is 25.5. The first kappa shape index (κ1) is 13.8. The lowest BCUT2D eigenvalue weighted by Gasteiger charge is -2.20. The van der Waals surface area contributed by atoms with E-state index in [4.69, 9.17) is 0 Å². The Morgan fingerprint density at radius 3 is 2.74 bits per heavy atom. The first-order valence-electron chi connectivity index (χ1n) is 7.60. The molecular weight excluding hydrogens is 290 g/mol. The first-order chi connectivity index (χ1) is 11.2. The molecule has 0 spiro atoms. The fourth-order valence-corrected chi connectivity index (χ4v) is 3.02. The minimum absolute atomic E-state index is 0.0769. The topological polar surface area (TPSA) is 53.7 Å². The van der Waals surface area contributed by atoms with Crippen LogP contribution in [0.15, 0.2) is 49.1 Å². The van der Waals surface area contributed by atoms with Gasteiger partial charge in [0.1, 0.15) is 0 Å². The van der Waals surface area contributed by atoms with Crippen LogP contribution in [0.5, 0.6) is 0 Å². The Kier molecular flexibility index (Phi) is 3.22. The van der Waals surface area contributed by atoms with Gasteiger partial charge in [-0.3, -0.25) is 4.79 Å². The highest BCUT2D eigenvalue weighted by molar-refractivity contribution is 5.97. The molecule has 0 fully saturated rings. The van der Waals surface area contributed by atoms with Gasteiger partial charge in [0.25, 0.3) is 5.91 Å². The van der Waals surface area contributed by atoms with Crippen molar-refractivity contribution >= 4 is 17.2 Å². The molecule has 0 saturated heterocycles. The number of anilines is 1. The summed E-state index contributed by atoms with van der Waals surface area (Å²) in [6.07, 6.45) is 6.93. The summed E-state index contributed by atoms with van der Waals surface area (Å²) in [6.45, 7) is 2.04. The van der Waals surface area contributed by atoms with E-state index in [9.17, 15) is 4.79 Å². The number of nitrogens with zero attached hydrogens (tertiary/aromatic N) is 5. The number of hydrogen-bond acceptors (Lipinski definition) is 4. The van der Waals surface area contributed by atoms with E-state index in [2.05, 4.69) is 34.0 Å². The minimum Gasteiger partial charge on any atom is -0.373 e. The largest absolute Gasteiger partial charge is 0.373 e. The highest BCUT2D eigenvalue weighted by Crippen LogP contribution is 2.24. The van der Waals surface area contributed by atoms with E-state index in [-0.39, 0.29) is 5.91 Å². The third kappa shape index (κ3) is 2.32. The van der Waals surface area contributed by atoms with Gasteiger partial charge in [0.15, 0.2) is 11.3 Å². The van der Waals surface area contributed by atoms with E-state index >= 15 is 0 Å². The molecule has 0 unspecified atom stereocenters. The molecule has 23 heavy (non-hydrogen) atoms. The molecule has 0 atom stereocenters. The van der Waals surface area contributed by atoms with E-state index in [0.717, 1.165) is 12.1 Å². The van der Waals surface area contributed by atoms with E-state index in [1.165, 1.54) is 5.69 Å². The molecule has 3 heterocycles. The van der Waals surface area contributed by atoms with Crippen LogP contribution in [0, 0.1) is 0 Å². The summed E-state index contributed by atoms with van der Waals surface area (Å²) in [5, 5.41) is 0. The summed E-state index contributed by atoms with van der Waals surface area (Å²) in [7, 11) is 2.06. The van der Waals surface area contributed by atoms with Crippen molar-refractivity contribution < 1.29 is 4.79 Å². The molecule has 6 heteroatoms. The molecule has 116 valence electrons. The maximum atomic E-state index is 13.0. The molecular formula is C17H17N5O. The Morgan fingerprint density at radius 2 is 1.87 bits per heavy atom. The number of imidazole rings is 1. The number of rotatable bonds is 1. The standard InChI is InChI=1S/C17H17N5O/c1-20-10-11-22(12-13-4-2-3-5-14(13)20)17(23)15-16-19-7-9-21(16)8-6-18-15/h2-9H,10-12H2,1H3. The second kappa shape index (κ2) is 5.39. The number of benzene rings is 1. The van der Waals surface area contributed by atoms with E-state index < -0.39 is 0 Å². The van der Waals surface area contributed by atoms with Crippen LogP contribution in [-0.4, -0.2) is 45.3 Å². The highest BCUT2D eigenvalue weighted by atomic mass is 16.2. The molecule has 1 aliphatic rings. The van der Waals surface area contributed by atoms with Gasteiger partial charge in [-0.15, -0.1) is 0 Å². The van der Waals surface area contributed by atoms with Crippen molar-refractivity contribution in [1.82, 2.24) is 19.3 Å². The zero-order chi connectivity index (χ0) is 15.8. The monoisotopic (exact) mass is 307 g/mol. The summed E-state index contributed by atoms with van der Waals surface area (Å²) in [6, 6.07) is 8.20.